The molecule has 34 heavy (non-hydrogen) atoms. The molecule has 0 atom stereocenters. The number of allylic oxidation sites excluding steroid dienone is 2. The summed E-state index contributed by atoms with van der Waals surface area (Å²) in [7, 11) is 0. The summed E-state index contributed by atoms with van der Waals surface area (Å²) in [6.07, 6.45) is 6.11. The first kappa shape index (κ1) is 25.2. The van der Waals surface area contributed by atoms with Gasteiger partial charge in [0.2, 0.25) is 11.6 Å². The predicted octanol–water partition coefficient (Wildman–Crippen LogP) is 5.58. The van der Waals surface area contributed by atoms with Crippen LogP contribution in [0.4, 0.5) is 0 Å². The van der Waals surface area contributed by atoms with E-state index in [-0.39, 0.29) is 21.5 Å². The average Bonchev–Trinajstić information content (AvgIpc) is 2.80. The Morgan fingerprint density at radius 2 is 1.91 bits per heavy atom. The number of aromatic nitrogens is 4. The maximum absolute atomic E-state index is 12.2. The monoisotopic (exact) mass is 499 g/mol. The number of unbranched alkanes of at least 4 members (excludes halogenated alkanes) is 1. The average molecular weight is 500 g/mol. The third kappa shape index (κ3) is 5.56. The van der Waals surface area contributed by atoms with Gasteiger partial charge >= 0.3 is 5.69 Å². The number of pyridine rings is 1. The molecule has 0 saturated heterocycles. The fourth-order valence-corrected chi connectivity index (χ4v) is 3.87. The number of nitrogens with zero attached hydrogens (tertiary/aromatic N) is 4. The van der Waals surface area contributed by atoms with Gasteiger partial charge in [-0.05, 0) is 43.0 Å². The number of aryl methyl sites for hydroxylation is 1. The van der Waals surface area contributed by atoms with Crippen molar-refractivity contribution in [3.63, 3.8) is 0 Å². The van der Waals surface area contributed by atoms with E-state index in [1.54, 1.807) is 12.1 Å². The zero-order chi connectivity index (χ0) is 24.8. The normalized spacial score (nSPS) is 11.4. The molecule has 2 heterocycles. The van der Waals surface area contributed by atoms with E-state index in [0.717, 1.165) is 47.2 Å². The zero-order valence-electron chi connectivity index (χ0n) is 19.0. The minimum absolute atomic E-state index is 0.0974. The topological polar surface area (TPSA) is 114 Å². The van der Waals surface area contributed by atoms with Gasteiger partial charge in [0.1, 0.15) is 6.07 Å². The molecule has 1 aromatic carbocycles. The minimum atomic E-state index is -0.877. The van der Waals surface area contributed by atoms with Gasteiger partial charge in [0.25, 0.3) is 5.56 Å². The van der Waals surface area contributed by atoms with E-state index in [9.17, 15) is 9.59 Å². The van der Waals surface area contributed by atoms with Crippen LogP contribution >= 0.6 is 23.2 Å². The molecule has 0 aliphatic heterocycles. The van der Waals surface area contributed by atoms with E-state index in [0.29, 0.717) is 5.88 Å². The summed E-state index contributed by atoms with van der Waals surface area (Å²) in [4.78, 5) is 30.5. The molecular weight excluding hydrogens is 477 g/mol. The largest absolute Gasteiger partial charge is 0.436 e. The summed E-state index contributed by atoms with van der Waals surface area (Å²) in [6, 6.07) is 8.08. The van der Waals surface area contributed by atoms with Crippen molar-refractivity contribution in [2.45, 2.75) is 46.5 Å². The highest BCUT2D eigenvalue weighted by molar-refractivity contribution is 6.37. The van der Waals surface area contributed by atoms with E-state index in [1.165, 1.54) is 12.1 Å². The van der Waals surface area contributed by atoms with Crippen molar-refractivity contribution >= 4 is 28.8 Å². The lowest BCUT2D eigenvalue weighted by Gasteiger charge is -2.14. The summed E-state index contributed by atoms with van der Waals surface area (Å²) in [5, 5.41) is 13.0. The van der Waals surface area contributed by atoms with Gasteiger partial charge in [-0.15, -0.1) is 5.10 Å². The molecule has 8 nitrogen and oxygen atoms in total. The van der Waals surface area contributed by atoms with E-state index in [2.05, 4.69) is 25.0 Å². The number of halogens is 2. The molecule has 2 aromatic heterocycles. The molecule has 10 heteroatoms. The van der Waals surface area contributed by atoms with Crippen molar-refractivity contribution in [3.05, 3.63) is 78.2 Å². The third-order valence-electron chi connectivity index (χ3n) is 4.94. The van der Waals surface area contributed by atoms with Crippen LogP contribution in [0.5, 0.6) is 11.6 Å². The molecule has 0 fully saturated rings. The number of ether oxygens (including phenoxy) is 1. The number of rotatable bonds is 8. The molecule has 0 aliphatic carbocycles. The molecule has 1 N–H and O–H groups in total. The summed E-state index contributed by atoms with van der Waals surface area (Å²) < 4.78 is 6.77. The summed E-state index contributed by atoms with van der Waals surface area (Å²) in [5.74, 6) is 0.476. The number of hydrogen-bond donors (Lipinski definition) is 1. The van der Waals surface area contributed by atoms with E-state index in [4.69, 9.17) is 38.2 Å². The fourth-order valence-electron chi connectivity index (χ4n) is 3.32. The van der Waals surface area contributed by atoms with Crippen molar-refractivity contribution in [2.75, 3.05) is 0 Å². The highest BCUT2D eigenvalue weighted by atomic mass is 35.5. The Kier molecular flexibility index (Phi) is 8.26. The lowest BCUT2D eigenvalue weighted by Crippen LogP contribution is -2.33. The van der Waals surface area contributed by atoms with Gasteiger partial charge in [0.05, 0.1) is 21.4 Å². The number of hydrogen-bond acceptors (Lipinski definition) is 6. The molecule has 0 radical (unpaired) electrons. The van der Waals surface area contributed by atoms with Crippen LogP contribution in [0, 0.1) is 18.3 Å². The highest BCUT2D eigenvalue weighted by Gasteiger charge is 2.16. The fraction of sp³-hybridized carbons (Fsp3) is 0.292. The van der Waals surface area contributed by atoms with Crippen molar-refractivity contribution in [1.29, 1.82) is 5.26 Å². The van der Waals surface area contributed by atoms with Gasteiger partial charge < -0.3 is 4.74 Å². The van der Waals surface area contributed by atoms with E-state index >= 15 is 0 Å². The van der Waals surface area contributed by atoms with Gasteiger partial charge in [0.15, 0.2) is 5.75 Å². The van der Waals surface area contributed by atoms with Crippen molar-refractivity contribution in [1.82, 2.24) is 19.7 Å². The van der Waals surface area contributed by atoms with Crippen LogP contribution in [-0.2, 0) is 0 Å². The maximum atomic E-state index is 12.2. The zero-order valence-corrected chi connectivity index (χ0v) is 20.5. The summed E-state index contributed by atoms with van der Waals surface area (Å²) in [6.45, 7) is 6.25. The number of aromatic amines is 1. The van der Waals surface area contributed by atoms with Gasteiger partial charge in [-0.1, -0.05) is 62.0 Å². The second kappa shape index (κ2) is 11.1. The van der Waals surface area contributed by atoms with Gasteiger partial charge in [-0.2, -0.15) is 9.94 Å². The Balaban J connectivity index is 2.00. The van der Waals surface area contributed by atoms with Crippen LogP contribution in [0.3, 0.4) is 0 Å². The molecule has 0 saturated carbocycles. The standard InChI is InChI=1S/C24H23Cl2N5O3/c1-4-6-8-15(7-5-2)21-14(3)9-10-20(28-21)34-22-17(25)11-16(12-18(22)26)31-24(33)29-23(32)19(13-27)30-31/h8-12H,4-7H2,1-3H3,(H,29,32,33)/b15-8-. The molecule has 0 unspecified atom stereocenters. The molecule has 0 amide bonds. The van der Waals surface area contributed by atoms with Crippen LogP contribution in [0.15, 0.2) is 39.9 Å². The Bertz CT molecular complexity index is 1380. The maximum Gasteiger partial charge on any atom is 0.349 e. The Labute approximate surface area is 206 Å². The lowest BCUT2D eigenvalue weighted by atomic mass is 10.0. The summed E-state index contributed by atoms with van der Waals surface area (Å²) >= 11 is 12.8. The molecule has 0 spiro atoms. The minimum Gasteiger partial charge on any atom is -0.436 e. The van der Waals surface area contributed by atoms with Crippen molar-refractivity contribution in [2.24, 2.45) is 0 Å². The highest BCUT2D eigenvalue weighted by Crippen LogP contribution is 2.38. The lowest BCUT2D eigenvalue weighted by molar-refractivity contribution is 0.462. The van der Waals surface area contributed by atoms with Crippen molar-refractivity contribution < 1.29 is 4.74 Å². The van der Waals surface area contributed by atoms with Crippen LogP contribution < -0.4 is 16.0 Å². The van der Waals surface area contributed by atoms with Crippen LogP contribution in [-0.4, -0.2) is 19.7 Å². The SMILES string of the molecule is CCC/C=C(/CCC)c1nc(Oc2c(Cl)cc(-n3nc(C#N)c(=O)[nH]c3=O)cc2Cl)ccc1C. The number of H-pyrrole nitrogens is 1. The quantitative estimate of drug-likeness (QED) is 0.432. The second-order valence-corrected chi connectivity index (χ2v) is 8.37. The van der Waals surface area contributed by atoms with Crippen LogP contribution in [0.2, 0.25) is 10.0 Å². The van der Waals surface area contributed by atoms with Gasteiger partial charge in [0, 0.05) is 6.07 Å². The molecule has 176 valence electrons. The van der Waals surface area contributed by atoms with E-state index < -0.39 is 16.9 Å². The first-order valence-corrected chi connectivity index (χ1v) is 11.5. The Morgan fingerprint density at radius 3 is 2.53 bits per heavy atom. The summed E-state index contributed by atoms with van der Waals surface area (Å²) in [5.41, 5.74) is 1.04. The van der Waals surface area contributed by atoms with Gasteiger partial charge in [-0.25, -0.2) is 9.78 Å². The number of benzene rings is 1. The molecule has 0 aliphatic rings. The van der Waals surface area contributed by atoms with Crippen LogP contribution in [0.1, 0.15) is 56.5 Å². The molecular formula is C24H23Cl2N5O3. The smallest absolute Gasteiger partial charge is 0.349 e. The third-order valence-corrected chi connectivity index (χ3v) is 5.50. The number of nitriles is 1. The first-order chi connectivity index (χ1) is 16.3. The Morgan fingerprint density at radius 1 is 1.21 bits per heavy atom. The second-order valence-electron chi connectivity index (χ2n) is 7.56. The van der Waals surface area contributed by atoms with Crippen LogP contribution in [0.25, 0.3) is 11.3 Å². The van der Waals surface area contributed by atoms with Gasteiger partial charge in [-0.3, -0.25) is 9.78 Å². The van der Waals surface area contributed by atoms with E-state index in [1.807, 2.05) is 18.0 Å². The Hall–Kier alpha value is -3.41. The molecule has 3 aromatic rings. The first-order valence-electron chi connectivity index (χ1n) is 10.8. The number of nitrogens with one attached hydrogen (secondary N) is 1. The van der Waals surface area contributed by atoms with Crippen molar-refractivity contribution in [3.8, 4) is 23.4 Å². The molecule has 3 rings (SSSR count). The molecule has 0 bridgehead atoms. The predicted molar refractivity (Wildman–Crippen MR) is 132 cm³/mol.